The number of hydrogen-bond donors (Lipinski definition) is 1. The number of ether oxygens (including phenoxy) is 2. The summed E-state index contributed by atoms with van der Waals surface area (Å²) in [6.45, 7) is 12.1. The molecular weight excluding hydrogens is 450 g/mol. The number of rotatable bonds is 6. The van der Waals surface area contributed by atoms with Gasteiger partial charge in [-0.05, 0) is 70.3 Å². The molecule has 0 aromatic heterocycles. The summed E-state index contributed by atoms with van der Waals surface area (Å²) >= 11 is 3.43. The van der Waals surface area contributed by atoms with Gasteiger partial charge in [0.1, 0.15) is 0 Å². The van der Waals surface area contributed by atoms with Gasteiger partial charge < -0.3 is 19.2 Å². The van der Waals surface area contributed by atoms with Crippen molar-refractivity contribution in [3.8, 4) is 11.5 Å². The summed E-state index contributed by atoms with van der Waals surface area (Å²) in [5.41, 5.74) is 2.35. The molecule has 0 atom stereocenters. The quantitative estimate of drug-likeness (QED) is 0.518. The van der Waals surface area contributed by atoms with Gasteiger partial charge in [0.25, 0.3) is 5.91 Å². The third-order valence-electron chi connectivity index (χ3n) is 5.59. The molecule has 1 N–H and O–H groups in total. The molecule has 1 amide bonds. The second-order valence-electron chi connectivity index (χ2n) is 8.67. The fourth-order valence-electron chi connectivity index (χ4n) is 2.75. The van der Waals surface area contributed by atoms with Crippen molar-refractivity contribution in [2.75, 3.05) is 18.7 Å². The van der Waals surface area contributed by atoms with Crippen molar-refractivity contribution in [2.24, 2.45) is 0 Å². The lowest BCUT2D eigenvalue weighted by atomic mass is 10.1. The number of nitrogens with one attached hydrogen (secondary N) is 1. The van der Waals surface area contributed by atoms with Crippen molar-refractivity contribution in [3.05, 3.63) is 52.0 Å². The highest BCUT2D eigenvalue weighted by Crippen LogP contribution is 2.40. The van der Waals surface area contributed by atoms with E-state index in [2.05, 4.69) is 55.1 Å². The SMILES string of the molecule is CC(C)(C)[Si](C)(C)OCCc1ccc(NC(=O)c2c(Br)ccc3c2OCO3)cc1. The van der Waals surface area contributed by atoms with E-state index in [1.54, 1.807) is 12.1 Å². The Morgan fingerprint density at radius 3 is 2.48 bits per heavy atom. The van der Waals surface area contributed by atoms with Crippen LogP contribution < -0.4 is 14.8 Å². The summed E-state index contributed by atoms with van der Waals surface area (Å²) in [6, 6.07) is 11.4. The molecule has 29 heavy (non-hydrogen) atoms. The van der Waals surface area contributed by atoms with Crippen LogP contribution in [-0.4, -0.2) is 27.6 Å². The molecule has 2 aromatic carbocycles. The third kappa shape index (κ3) is 5.02. The minimum atomic E-state index is -1.73. The van der Waals surface area contributed by atoms with Crippen molar-refractivity contribution in [1.29, 1.82) is 0 Å². The van der Waals surface area contributed by atoms with Crippen LogP contribution in [0.5, 0.6) is 11.5 Å². The molecular formula is C22H28BrNO4Si. The van der Waals surface area contributed by atoms with Gasteiger partial charge in [0.2, 0.25) is 6.79 Å². The van der Waals surface area contributed by atoms with Gasteiger partial charge >= 0.3 is 0 Å². The number of fused-ring (bicyclic) bond motifs is 1. The zero-order valence-electron chi connectivity index (χ0n) is 17.6. The van der Waals surface area contributed by atoms with E-state index < -0.39 is 8.32 Å². The lowest BCUT2D eigenvalue weighted by Gasteiger charge is -2.36. The number of halogens is 1. The first-order chi connectivity index (χ1) is 13.6. The molecule has 1 aliphatic heterocycles. The van der Waals surface area contributed by atoms with Gasteiger partial charge in [-0.25, -0.2) is 0 Å². The number of anilines is 1. The Bertz CT molecular complexity index is 891. The number of carbonyl (C=O) groups excluding carboxylic acids is 1. The minimum Gasteiger partial charge on any atom is -0.454 e. The Morgan fingerprint density at radius 1 is 1.14 bits per heavy atom. The topological polar surface area (TPSA) is 56.8 Å². The predicted molar refractivity (Wildman–Crippen MR) is 122 cm³/mol. The first-order valence-corrected chi connectivity index (χ1v) is 13.4. The second kappa shape index (κ2) is 8.50. The third-order valence-corrected chi connectivity index (χ3v) is 10.8. The Kier molecular flexibility index (Phi) is 6.41. The number of amides is 1. The molecule has 1 aliphatic rings. The molecule has 0 aliphatic carbocycles. The summed E-state index contributed by atoms with van der Waals surface area (Å²) in [7, 11) is -1.73. The van der Waals surface area contributed by atoms with Crippen LogP contribution in [0.3, 0.4) is 0 Å². The van der Waals surface area contributed by atoms with Crippen molar-refractivity contribution in [1.82, 2.24) is 0 Å². The zero-order valence-corrected chi connectivity index (χ0v) is 20.2. The molecule has 0 saturated heterocycles. The molecule has 0 bridgehead atoms. The smallest absolute Gasteiger partial charge is 0.260 e. The molecule has 0 fully saturated rings. The van der Waals surface area contributed by atoms with Gasteiger partial charge in [-0.1, -0.05) is 32.9 Å². The Labute approximate surface area is 182 Å². The van der Waals surface area contributed by atoms with Crippen LogP contribution in [0.1, 0.15) is 36.7 Å². The lowest BCUT2D eigenvalue weighted by Crippen LogP contribution is -2.41. The summed E-state index contributed by atoms with van der Waals surface area (Å²) in [4.78, 5) is 12.8. The summed E-state index contributed by atoms with van der Waals surface area (Å²) in [5.74, 6) is 0.805. The second-order valence-corrected chi connectivity index (χ2v) is 14.3. The van der Waals surface area contributed by atoms with E-state index in [1.165, 1.54) is 5.56 Å². The molecule has 156 valence electrons. The molecule has 0 spiro atoms. The monoisotopic (exact) mass is 477 g/mol. The van der Waals surface area contributed by atoms with E-state index >= 15 is 0 Å². The summed E-state index contributed by atoms with van der Waals surface area (Å²) in [5, 5.41) is 3.14. The molecule has 0 radical (unpaired) electrons. The number of benzene rings is 2. The van der Waals surface area contributed by atoms with Crippen molar-refractivity contribution < 1.29 is 18.7 Å². The Morgan fingerprint density at radius 2 is 1.83 bits per heavy atom. The van der Waals surface area contributed by atoms with Gasteiger partial charge in [-0.15, -0.1) is 0 Å². The van der Waals surface area contributed by atoms with Crippen molar-refractivity contribution in [3.63, 3.8) is 0 Å². The van der Waals surface area contributed by atoms with E-state index in [1.807, 2.05) is 24.3 Å². The van der Waals surface area contributed by atoms with Crippen LogP contribution in [0.4, 0.5) is 5.69 Å². The molecule has 0 saturated carbocycles. The van der Waals surface area contributed by atoms with Crippen LogP contribution in [0, 0.1) is 0 Å². The lowest BCUT2D eigenvalue weighted by molar-refractivity contribution is 0.102. The van der Waals surface area contributed by atoms with Gasteiger partial charge in [0.05, 0.1) is 5.56 Å². The predicted octanol–water partition coefficient (Wildman–Crippen LogP) is 5.99. The van der Waals surface area contributed by atoms with Crippen molar-refractivity contribution >= 4 is 35.8 Å². The molecule has 2 aromatic rings. The Hall–Kier alpha value is -1.83. The van der Waals surface area contributed by atoms with Crippen LogP contribution in [0.15, 0.2) is 40.9 Å². The highest BCUT2D eigenvalue weighted by atomic mass is 79.9. The van der Waals surface area contributed by atoms with E-state index in [-0.39, 0.29) is 17.7 Å². The first-order valence-electron chi connectivity index (χ1n) is 9.71. The maximum absolute atomic E-state index is 12.8. The van der Waals surface area contributed by atoms with Gasteiger partial charge in [-0.3, -0.25) is 4.79 Å². The summed E-state index contributed by atoms with van der Waals surface area (Å²) in [6.07, 6.45) is 0.851. The van der Waals surface area contributed by atoms with E-state index in [0.29, 0.717) is 28.1 Å². The number of carbonyl (C=O) groups is 1. The van der Waals surface area contributed by atoms with E-state index in [4.69, 9.17) is 13.9 Å². The van der Waals surface area contributed by atoms with E-state index in [9.17, 15) is 4.79 Å². The molecule has 5 nitrogen and oxygen atoms in total. The maximum Gasteiger partial charge on any atom is 0.260 e. The average Bonchev–Trinajstić information content (AvgIpc) is 3.10. The van der Waals surface area contributed by atoms with Crippen LogP contribution in [0.2, 0.25) is 18.1 Å². The van der Waals surface area contributed by atoms with Crippen LogP contribution in [0.25, 0.3) is 0 Å². The number of hydrogen-bond acceptors (Lipinski definition) is 4. The minimum absolute atomic E-state index is 0.123. The fourth-order valence-corrected chi connectivity index (χ4v) is 4.29. The molecule has 0 unspecified atom stereocenters. The molecule has 1 heterocycles. The normalized spacial score (nSPS) is 13.4. The fraction of sp³-hybridized carbons (Fsp3) is 0.409. The van der Waals surface area contributed by atoms with E-state index in [0.717, 1.165) is 12.1 Å². The molecule has 7 heteroatoms. The highest BCUT2D eigenvalue weighted by Gasteiger charge is 2.36. The van der Waals surface area contributed by atoms with Gasteiger partial charge in [0.15, 0.2) is 19.8 Å². The van der Waals surface area contributed by atoms with Gasteiger partial charge in [0, 0.05) is 16.8 Å². The largest absolute Gasteiger partial charge is 0.454 e. The van der Waals surface area contributed by atoms with Crippen molar-refractivity contribution in [2.45, 2.75) is 45.3 Å². The van der Waals surface area contributed by atoms with Gasteiger partial charge in [-0.2, -0.15) is 0 Å². The average molecular weight is 478 g/mol. The molecule has 3 rings (SSSR count). The Balaban J connectivity index is 1.60. The standard InChI is InChI=1S/C22H28BrNO4Si/c1-22(2,3)29(4,5)28-13-12-15-6-8-16(9-7-15)24-21(25)19-17(23)10-11-18-20(19)27-14-26-18/h6-11H,12-14H2,1-5H3,(H,24,25). The highest BCUT2D eigenvalue weighted by molar-refractivity contribution is 9.10. The zero-order chi connectivity index (χ0) is 21.2. The summed E-state index contributed by atoms with van der Waals surface area (Å²) < 4.78 is 17.7. The maximum atomic E-state index is 12.8. The first kappa shape index (κ1) is 21.9. The van der Waals surface area contributed by atoms with Crippen LogP contribution in [-0.2, 0) is 10.8 Å². The van der Waals surface area contributed by atoms with Crippen LogP contribution >= 0.6 is 15.9 Å².